The molecule has 224 valence electrons. The monoisotopic (exact) mass is 610 g/mol. The van der Waals surface area contributed by atoms with Gasteiger partial charge in [0.15, 0.2) is 0 Å². The fourth-order valence-corrected chi connectivity index (χ4v) is 7.86. The Labute approximate surface area is 279 Å². The summed E-state index contributed by atoms with van der Waals surface area (Å²) in [5, 5.41) is 5.24. The molecule has 0 fully saturated rings. The van der Waals surface area contributed by atoms with Gasteiger partial charge in [0.05, 0.1) is 11.0 Å². The molecule has 0 atom stereocenters. The molecule has 8 aromatic carbocycles. The van der Waals surface area contributed by atoms with E-state index in [0.717, 1.165) is 22.7 Å². The SMILES string of the molecule is c1ccc(-c2cccc(N(c3ccccc3)c3cccc(-n4c5cccc6c5c5c7c(cccc7ccc54)-c4ccccc4-6)c3)c2)cc1. The topological polar surface area (TPSA) is 8.17 Å². The molecule has 10 rings (SSSR count). The molecular formula is C46H30N2. The van der Waals surface area contributed by atoms with E-state index >= 15 is 0 Å². The van der Waals surface area contributed by atoms with E-state index in [2.05, 4.69) is 191 Å². The fourth-order valence-electron chi connectivity index (χ4n) is 7.86. The normalized spacial score (nSPS) is 11.8. The van der Waals surface area contributed by atoms with Gasteiger partial charge in [-0.15, -0.1) is 0 Å². The van der Waals surface area contributed by atoms with Gasteiger partial charge in [0.25, 0.3) is 0 Å². The number of nitrogens with zero attached hydrogens (tertiary/aromatic N) is 2. The summed E-state index contributed by atoms with van der Waals surface area (Å²) in [7, 11) is 0. The number of hydrogen-bond acceptors (Lipinski definition) is 1. The van der Waals surface area contributed by atoms with Gasteiger partial charge in [-0.05, 0) is 98.8 Å². The van der Waals surface area contributed by atoms with E-state index in [9.17, 15) is 0 Å². The molecule has 1 aliphatic carbocycles. The van der Waals surface area contributed by atoms with Crippen LogP contribution in [-0.4, -0.2) is 4.57 Å². The summed E-state index contributed by atoms with van der Waals surface area (Å²) in [6, 6.07) is 66.1. The third-order valence-corrected chi connectivity index (χ3v) is 9.88. The highest BCUT2D eigenvalue weighted by molar-refractivity contribution is 6.30. The zero-order chi connectivity index (χ0) is 31.6. The Balaban J connectivity index is 1.23. The average molecular weight is 611 g/mol. The van der Waals surface area contributed by atoms with Crippen LogP contribution in [0.1, 0.15) is 0 Å². The molecule has 1 aromatic heterocycles. The third kappa shape index (κ3) is 4.00. The summed E-state index contributed by atoms with van der Waals surface area (Å²) in [6.07, 6.45) is 0. The molecule has 0 spiro atoms. The molecule has 0 saturated heterocycles. The minimum atomic E-state index is 1.11. The third-order valence-electron chi connectivity index (χ3n) is 9.88. The van der Waals surface area contributed by atoms with Crippen LogP contribution in [0.3, 0.4) is 0 Å². The van der Waals surface area contributed by atoms with Crippen LogP contribution in [0, 0.1) is 0 Å². The molecular weight excluding hydrogens is 581 g/mol. The Morgan fingerprint density at radius 2 is 0.896 bits per heavy atom. The number of hydrogen-bond donors (Lipinski definition) is 0. The lowest BCUT2D eigenvalue weighted by molar-refractivity contribution is 1.17. The van der Waals surface area contributed by atoms with Crippen molar-refractivity contribution in [1.82, 2.24) is 4.57 Å². The summed E-state index contributed by atoms with van der Waals surface area (Å²) in [5.41, 5.74) is 14.5. The van der Waals surface area contributed by atoms with Gasteiger partial charge in [0, 0.05) is 33.5 Å². The van der Waals surface area contributed by atoms with Crippen molar-refractivity contribution in [2.45, 2.75) is 0 Å². The molecule has 0 bridgehead atoms. The van der Waals surface area contributed by atoms with Gasteiger partial charge in [0.2, 0.25) is 0 Å². The number of benzene rings is 8. The lowest BCUT2D eigenvalue weighted by atomic mass is 9.93. The van der Waals surface area contributed by atoms with Crippen molar-refractivity contribution in [1.29, 1.82) is 0 Å². The highest BCUT2D eigenvalue weighted by Crippen LogP contribution is 2.49. The smallest absolute Gasteiger partial charge is 0.0548 e. The maximum atomic E-state index is 2.46. The van der Waals surface area contributed by atoms with E-state index in [1.807, 2.05) is 0 Å². The van der Waals surface area contributed by atoms with Crippen LogP contribution in [-0.2, 0) is 0 Å². The molecule has 1 aliphatic rings. The van der Waals surface area contributed by atoms with Gasteiger partial charge in [-0.3, -0.25) is 0 Å². The van der Waals surface area contributed by atoms with Gasteiger partial charge in [0.1, 0.15) is 0 Å². The lowest BCUT2D eigenvalue weighted by Gasteiger charge is -2.26. The van der Waals surface area contributed by atoms with E-state index in [0.29, 0.717) is 0 Å². The van der Waals surface area contributed by atoms with E-state index < -0.39 is 0 Å². The fraction of sp³-hybridized carbons (Fsp3) is 0. The lowest BCUT2D eigenvalue weighted by Crippen LogP contribution is -2.10. The Morgan fingerprint density at radius 1 is 0.333 bits per heavy atom. The zero-order valence-corrected chi connectivity index (χ0v) is 26.2. The first-order valence-corrected chi connectivity index (χ1v) is 16.5. The Kier molecular flexibility index (Phi) is 5.91. The van der Waals surface area contributed by atoms with Crippen LogP contribution >= 0.6 is 0 Å². The second-order valence-electron chi connectivity index (χ2n) is 12.6. The minimum Gasteiger partial charge on any atom is -0.310 e. The predicted octanol–water partition coefficient (Wildman–Crippen LogP) is 12.7. The first-order valence-electron chi connectivity index (χ1n) is 16.5. The van der Waals surface area contributed by atoms with Crippen molar-refractivity contribution in [3.8, 4) is 39.1 Å². The first-order chi connectivity index (χ1) is 23.8. The number of para-hydroxylation sites is 1. The molecule has 9 aromatic rings. The zero-order valence-electron chi connectivity index (χ0n) is 26.2. The van der Waals surface area contributed by atoms with Crippen LogP contribution < -0.4 is 4.90 Å². The highest BCUT2D eigenvalue weighted by atomic mass is 15.1. The second-order valence-corrected chi connectivity index (χ2v) is 12.6. The predicted molar refractivity (Wildman–Crippen MR) is 203 cm³/mol. The largest absolute Gasteiger partial charge is 0.310 e. The number of fused-ring (bicyclic) bond motifs is 3. The molecule has 0 N–H and O–H groups in total. The average Bonchev–Trinajstić information content (AvgIpc) is 3.44. The van der Waals surface area contributed by atoms with Crippen LogP contribution in [0.5, 0.6) is 0 Å². The van der Waals surface area contributed by atoms with Crippen LogP contribution in [0.15, 0.2) is 182 Å². The van der Waals surface area contributed by atoms with Gasteiger partial charge >= 0.3 is 0 Å². The summed E-state index contributed by atoms with van der Waals surface area (Å²) >= 11 is 0. The van der Waals surface area contributed by atoms with E-state index in [4.69, 9.17) is 0 Å². The van der Waals surface area contributed by atoms with Crippen molar-refractivity contribution in [2.24, 2.45) is 0 Å². The van der Waals surface area contributed by atoms with Gasteiger partial charge < -0.3 is 9.47 Å². The molecule has 0 saturated carbocycles. The molecule has 0 amide bonds. The van der Waals surface area contributed by atoms with Crippen LogP contribution in [0.25, 0.3) is 71.6 Å². The maximum absolute atomic E-state index is 2.46. The van der Waals surface area contributed by atoms with Crippen molar-refractivity contribution < 1.29 is 0 Å². The molecule has 2 heteroatoms. The van der Waals surface area contributed by atoms with Crippen molar-refractivity contribution in [3.63, 3.8) is 0 Å². The van der Waals surface area contributed by atoms with Crippen molar-refractivity contribution in [3.05, 3.63) is 182 Å². The molecule has 0 unspecified atom stereocenters. The molecule has 1 heterocycles. The summed E-state index contributed by atoms with van der Waals surface area (Å²) in [4.78, 5) is 2.36. The molecule has 2 nitrogen and oxygen atoms in total. The van der Waals surface area contributed by atoms with Crippen LogP contribution in [0.2, 0.25) is 0 Å². The van der Waals surface area contributed by atoms with Crippen molar-refractivity contribution >= 4 is 49.6 Å². The van der Waals surface area contributed by atoms with Gasteiger partial charge in [-0.25, -0.2) is 0 Å². The Morgan fingerprint density at radius 3 is 1.69 bits per heavy atom. The molecule has 48 heavy (non-hydrogen) atoms. The van der Waals surface area contributed by atoms with Gasteiger partial charge in [-0.2, -0.15) is 0 Å². The van der Waals surface area contributed by atoms with E-state index in [1.54, 1.807) is 0 Å². The molecule has 0 aliphatic heterocycles. The Bertz CT molecular complexity index is 2670. The second kappa shape index (κ2) is 10.6. The molecule has 0 radical (unpaired) electrons. The minimum absolute atomic E-state index is 1.11. The Hall–Kier alpha value is -6.38. The van der Waals surface area contributed by atoms with E-state index in [1.165, 1.54) is 66.0 Å². The quantitative estimate of drug-likeness (QED) is 0.188. The van der Waals surface area contributed by atoms with Gasteiger partial charge in [-0.1, -0.05) is 127 Å². The van der Waals surface area contributed by atoms with Crippen LogP contribution in [0.4, 0.5) is 17.1 Å². The van der Waals surface area contributed by atoms with Crippen molar-refractivity contribution in [2.75, 3.05) is 4.90 Å². The van der Waals surface area contributed by atoms with E-state index in [-0.39, 0.29) is 0 Å². The number of rotatable bonds is 5. The first kappa shape index (κ1) is 26.8. The number of aromatic nitrogens is 1. The highest BCUT2D eigenvalue weighted by Gasteiger charge is 2.25. The summed E-state index contributed by atoms with van der Waals surface area (Å²) in [6.45, 7) is 0. The standard InChI is InChI=1S/C46H30N2/c1-3-13-31(14-4-1)33-16-9-19-35(29-33)47(34-17-5-2-6-18-34)36-20-11-21-37(30-36)48-42-26-12-25-41-39-23-8-7-22-38(39)40-24-10-15-32-27-28-43(48)46(44(32)40)45(41)42/h1-30H. The summed E-state index contributed by atoms with van der Waals surface area (Å²) < 4.78 is 2.46. The number of anilines is 3. The summed E-state index contributed by atoms with van der Waals surface area (Å²) in [5.74, 6) is 0. The maximum Gasteiger partial charge on any atom is 0.0548 e.